The number of carbonyl (C=O) groups excluding carboxylic acids is 1. The van der Waals surface area contributed by atoms with Crippen molar-refractivity contribution in [3.05, 3.63) is 12.2 Å². The molecule has 2 aliphatic rings. The van der Waals surface area contributed by atoms with Gasteiger partial charge in [0.15, 0.2) is 0 Å². The van der Waals surface area contributed by atoms with E-state index in [0.29, 0.717) is 12.3 Å². The predicted octanol–water partition coefficient (Wildman–Crippen LogP) is 1.73. The quantitative estimate of drug-likeness (QED) is 0.714. The van der Waals surface area contributed by atoms with E-state index < -0.39 is 0 Å². The Morgan fingerprint density at radius 3 is 2.81 bits per heavy atom. The lowest BCUT2D eigenvalue weighted by Gasteiger charge is -2.29. The molecule has 3 heteroatoms. The van der Waals surface area contributed by atoms with Crippen LogP contribution in [0.1, 0.15) is 44.9 Å². The third-order valence-electron chi connectivity index (χ3n) is 3.73. The molecule has 3 atom stereocenters. The average Bonchev–Trinajstić information content (AvgIpc) is 2.74. The molecule has 0 spiro atoms. The second-order valence-electron chi connectivity index (χ2n) is 5.09. The number of nitrogens with two attached hydrogens (primary N) is 1. The van der Waals surface area contributed by atoms with Gasteiger partial charge in [-0.15, -0.1) is 0 Å². The highest BCUT2D eigenvalue weighted by atomic mass is 16.1. The molecule has 2 aliphatic carbocycles. The number of hydrogen-bond acceptors (Lipinski definition) is 2. The van der Waals surface area contributed by atoms with E-state index >= 15 is 0 Å². The van der Waals surface area contributed by atoms with E-state index in [0.717, 1.165) is 25.7 Å². The molecule has 1 amide bonds. The highest BCUT2D eigenvalue weighted by molar-refractivity contribution is 5.76. The number of carbonyl (C=O) groups is 1. The Bertz CT molecular complexity index is 275. The van der Waals surface area contributed by atoms with Crippen LogP contribution in [0.3, 0.4) is 0 Å². The van der Waals surface area contributed by atoms with Crippen molar-refractivity contribution in [3.63, 3.8) is 0 Å². The third-order valence-corrected chi connectivity index (χ3v) is 3.73. The molecule has 0 bridgehead atoms. The predicted molar refractivity (Wildman–Crippen MR) is 64.9 cm³/mol. The summed E-state index contributed by atoms with van der Waals surface area (Å²) in [7, 11) is 0. The molecular weight excluding hydrogens is 200 g/mol. The Morgan fingerprint density at radius 1 is 1.31 bits per heavy atom. The lowest BCUT2D eigenvalue weighted by molar-refractivity contribution is -0.122. The molecule has 0 aromatic heterocycles. The first-order valence-corrected chi connectivity index (χ1v) is 6.47. The van der Waals surface area contributed by atoms with E-state index in [1.54, 1.807) is 0 Å². The molecule has 1 saturated carbocycles. The fraction of sp³-hybridized carbons (Fsp3) is 0.769. The van der Waals surface area contributed by atoms with Gasteiger partial charge >= 0.3 is 0 Å². The summed E-state index contributed by atoms with van der Waals surface area (Å²) in [6, 6.07) is 0.378. The number of rotatable bonds is 3. The number of hydrogen-bond donors (Lipinski definition) is 2. The normalized spacial score (nSPS) is 33.9. The van der Waals surface area contributed by atoms with Crippen molar-refractivity contribution in [3.8, 4) is 0 Å². The Labute approximate surface area is 97.5 Å². The van der Waals surface area contributed by atoms with Crippen LogP contribution in [-0.2, 0) is 4.79 Å². The second kappa shape index (κ2) is 5.48. The molecule has 0 aliphatic heterocycles. The Morgan fingerprint density at radius 2 is 2.12 bits per heavy atom. The van der Waals surface area contributed by atoms with Crippen molar-refractivity contribution >= 4 is 5.91 Å². The van der Waals surface area contributed by atoms with Crippen molar-refractivity contribution in [2.24, 2.45) is 11.7 Å². The largest absolute Gasteiger partial charge is 0.352 e. The van der Waals surface area contributed by atoms with Gasteiger partial charge in [-0.3, -0.25) is 4.79 Å². The minimum absolute atomic E-state index is 0.164. The first-order valence-electron chi connectivity index (χ1n) is 6.47. The smallest absolute Gasteiger partial charge is 0.220 e. The molecule has 0 aromatic carbocycles. The number of amides is 1. The van der Waals surface area contributed by atoms with Gasteiger partial charge in [-0.1, -0.05) is 25.0 Å². The summed E-state index contributed by atoms with van der Waals surface area (Å²) in [6.07, 6.45) is 11.7. The summed E-state index contributed by atoms with van der Waals surface area (Å²) < 4.78 is 0. The monoisotopic (exact) mass is 222 g/mol. The van der Waals surface area contributed by atoms with Gasteiger partial charge in [-0.25, -0.2) is 0 Å². The van der Waals surface area contributed by atoms with Crippen molar-refractivity contribution < 1.29 is 4.79 Å². The first-order chi connectivity index (χ1) is 7.75. The van der Waals surface area contributed by atoms with Gasteiger partial charge in [0.1, 0.15) is 0 Å². The van der Waals surface area contributed by atoms with Crippen molar-refractivity contribution in [1.82, 2.24) is 5.32 Å². The van der Waals surface area contributed by atoms with Gasteiger partial charge in [0.25, 0.3) is 0 Å². The molecule has 2 rings (SSSR count). The molecule has 3 nitrogen and oxygen atoms in total. The van der Waals surface area contributed by atoms with Crippen LogP contribution in [0.5, 0.6) is 0 Å². The van der Waals surface area contributed by atoms with E-state index in [9.17, 15) is 4.79 Å². The molecule has 0 saturated heterocycles. The van der Waals surface area contributed by atoms with Gasteiger partial charge in [0.2, 0.25) is 5.91 Å². The SMILES string of the molecule is N[C@@H]1CCCC[C@H]1NC(=O)CC1C=CCC1. The summed E-state index contributed by atoms with van der Waals surface area (Å²) in [4.78, 5) is 11.8. The molecular formula is C13H22N2O. The zero-order valence-electron chi connectivity index (χ0n) is 9.82. The molecule has 0 heterocycles. The minimum Gasteiger partial charge on any atom is -0.352 e. The molecule has 0 aromatic rings. The zero-order chi connectivity index (χ0) is 11.4. The van der Waals surface area contributed by atoms with Crippen molar-refractivity contribution in [2.75, 3.05) is 0 Å². The minimum atomic E-state index is 0.164. The van der Waals surface area contributed by atoms with Crippen LogP contribution in [0.4, 0.5) is 0 Å². The van der Waals surface area contributed by atoms with Crippen LogP contribution < -0.4 is 11.1 Å². The fourth-order valence-corrected chi connectivity index (χ4v) is 2.71. The molecule has 3 N–H and O–H groups in total. The molecule has 1 unspecified atom stereocenters. The summed E-state index contributed by atoms with van der Waals surface area (Å²) in [5, 5.41) is 3.10. The van der Waals surface area contributed by atoms with Gasteiger partial charge < -0.3 is 11.1 Å². The number of nitrogens with one attached hydrogen (secondary N) is 1. The number of allylic oxidation sites excluding steroid dienone is 2. The van der Waals surface area contributed by atoms with Crippen LogP contribution in [-0.4, -0.2) is 18.0 Å². The maximum atomic E-state index is 11.8. The average molecular weight is 222 g/mol. The zero-order valence-corrected chi connectivity index (χ0v) is 9.82. The van der Waals surface area contributed by atoms with E-state index in [1.807, 2.05) is 0 Å². The summed E-state index contributed by atoms with van der Waals surface area (Å²) in [6.45, 7) is 0. The van der Waals surface area contributed by atoms with Crippen LogP contribution in [0.2, 0.25) is 0 Å². The van der Waals surface area contributed by atoms with Gasteiger partial charge in [-0.05, 0) is 31.6 Å². The Balaban J connectivity index is 1.75. The summed E-state index contributed by atoms with van der Waals surface area (Å²) in [5.74, 6) is 0.638. The van der Waals surface area contributed by atoms with Crippen molar-refractivity contribution in [1.29, 1.82) is 0 Å². The fourth-order valence-electron chi connectivity index (χ4n) is 2.71. The van der Waals surface area contributed by atoms with E-state index in [4.69, 9.17) is 5.73 Å². The molecule has 90 valence electrons. The molecule has 1 fully saturated rings. The van der Waals surface area contributed by atoms with Gasteiger partial charge in [-0.2, -0.15) is 0 Å². The maximum Gasteiger partial charge on any atom is 0.220 e. The van der Waals surface area contributed by atoms with Crippen LogP contribution in [0.15, 0.2) is 12.2 Å². The van der Waals surface area contributed by atoms with E-state index in [2.05, 4.69) is 17.5 Å². The maximum absolute atomic E-state index is 11.8. The molecule has 0 radical (unpaired) electrons. The van der Waals surface area contributed by atoms with E-state index in [1.165, 1.54) is 12.8 Å². The third kappa shape index (κ3) is 3.08. The van der Waals surface area contributed by atoms with Crippen LogP contribution in [0.25, 0.3) is 0 Å². The summed E-state index contributed by atoms with van der Waals surface area (Å²) >= 11 is 0. The van der Waals surface area contributed by atoms with Gasteiger partial charge in [0.05, 0.1) is 0 Å². The van der Waals surface area contributed by atoms with Gasteiger partial charge in [0, 0.05) is 18.5 Å². The Kier molecular flexibility index (Phi) is 3.99. The van der Waals surface area contributed by atoms with Crippen LogP contribution >= 0.6 is 0 Å². The lowest BCUT2D eigenvalue weighted by atomic mass is 9.90. The van der Waals surface area contributed by atoms with Crippen LogP contribution in [0, 0.1) is 5.92 Å². The lowest BCUT2D eigenvalue weighted by Crippen LogP contribution is -2.49. The molecule has 16 heavy (non-hydrogen) atoms. The topological polar surface area (TPSA) is 55.1 Å². The van der Waals surface area contributed by atoms with Crippen molar-refractivity contribution in [2.45, 2.75) is 57.0 Å². The Hall–Kier alpha value is -0.830. The highest BCUT2D eigenvalue weighted by Gasteiger charge is 2.24. The first kappa shape index (κ1) is 11.6. The highest BCUT2D eigenvalue weighted by Crippen LogP contribution is 2.21. The van der Waals surface area contributed by atoms with E-state index in [-0.39, 0.29) is 18.0 Å². The standard InChI is InChI=1S/C13H22N2O/c14-11-7-3-4-8-12(11)15-13(16)9-10-5-1-2-6-10/h1,5,10-12H,2-4,6-9,14H2,(H,15,16)/t10?,11-,12-/m1/s1. The summed E-state index contributed by atoms with van der Waals surface area (Å²) in [5.41, 5.74) is 6.01. The second-order valence-corrected chi connectivity index (χ2v) is 5.09.